The lowest BCUT2D eigenvalue weighted by Gasteiger charge is -2.19. The summed E-state index contributed by atoms with van der Waals surface area (Å²) in [5.41, 5.74) is 6.68. The van der Waals surface area contributed by atoms with Crippen LogP contribution < -0.4 is 0 Å². The predicted octanol–water partition coefficient (Wildman–Crippen LogP) is 8.11. The van der Waals surface area contributed by atoms with E-state index >= 15 is 0 Å². The third-order valence-corrected chi connectivity index (χ3v) is 6.53. The van der Waals surface area contributed by atoms with Gasteiger partial charge in [-0.1, -0.05) is 67.4 Å². The van der Waals surface area contributed by atoms with Crippen LogP contribution in [0.3, 0.4) is 0 Å². The van der Waals surface area contributed by atoms with Gasteiger partial charge in [-0.15, -0.1) is 0 Å². The van der Waals surface area contributed by atoms with Gasteiger partial charge in [0, 0.05) is 6.54 Å². The zero-order valence-corrected chi connectivity index (χ0v) is 20.7. The molecule has 4 rings (SSSR count). The summed E-state index contributed by atoms with van der Waals surface area (Å²) in [6.07, 6.45) is -5.73. The normalized spacial score (nSPS) is 16.2. The first kappa shape index (κ1) is 24.8. The molecule has 0 N–H and O–H groups in total. The van der Waals surface area contributed by atoms with Crippen molar-refractivity contribution in [3.05, 3.63) is 93.5 Å². The Morgan fingerprint density at radius 1 is 0.943 bits per heavy atom. The van der Waals surface area contributed by atoms with E-state index in [0.29, 0.717) is 23.6 Å². The highest BCUT2D eigenvalue weighted by molar-refractivity contribution is 5.74. The van der Waals surface area contributed by atoms with E-state index in [2.05, 4.69) is 57.2 Å². The number of cyclic esters (lactones) is 1. The molecule has 3 aromatic rings. The van der Waals surface area contributed by atoms with Crippen LogP contribution >= 0.6 is 0 Å². The number of hydrogen-bond donors (Lipinski definition) is 0. The third-order valence-electron chi connectivity index (χ3n) is 6.53. The van der Waals surface area contributed by atoms with Crippen molar-refractivity contribution in [1.29, 1.82) is 0 Å². The number of hydrogen-bond acceptors (Lipinski definition) is 2. The molecule has 0 aromatic heterocycles. The molecule has 1 aliphatic rings. The lowest BCUT2D eigenvalue weighted by Crippen LogP contribution is -2.24. The second-order valence-electron chi connectivity index (χ2n) is 9.77. The van der Waals surface area contributed by atoms with Crippen LogP contribution in [0.15, 0.2) is 54.6 Å². The maximum absolute atomic E-state index is 13.3. The standard InChI is InChI=1S/C29H30F3NO2/c1-17(2)21-8-7-20(5)26(14-21)25-9-6-18(3)10-23(25)15-33-16-27(35-28(33)34)22-11-19(4)12-24(13-22)29(30,31)32/h6-14,17,27H,15-16H2,1-5H3. The second kappa shape index (κ2) is 9.40. The summed E-state index contributed by atoms with van der Waals surface area (Å²) in [5.74, 6) is 0.383. The maximum Gasteiger partial charge on any atom is 0.416 e. The van der Waals surface area contributed by atoms with Crippen molar-refractivity contribution in [2.75, 3.05) is 6.54 Å². The van der Waals surface area contributed by atoms with Crippen molar-refractivity contribution in [2.24, 2.45) is 0 Å². The lowest BCUT2D eigenvalue weighted by atomic mass is 9.90. The van der Waals surface area contributed by atoms with Gasteiger partial charge in [-0.2, -0.15) is 13.2 Å². The summed E-state index contributed by atoms with van der Waals surface area (Å²) in [5, 5.41) is 0. The molecule has 0 spiro atoms. The zero-order chi connectivity index (χ0) is 25.5. The van der Waals surface area contributed by atoms with Crippen LogP contribution in [-0.2, 0) is 17.5 Å². The molecule has 1 unspecified atom stereocenters. The number of amides is 1. The Kier molecular flexibility index (Phi) is 6.67. The molecule has 1 amide bonds. The Hall–Kier alpha value is -3.28. The molecule has 35 heavy (non-hydrogen) atoms. The van der Waals surface area contributed by atoms with Gasteiger partial charge in [0.1, 0.15) is 6.10 Å². The molecule has 0 aliphatic carbocycles. The fraction of sp³-hybridized carbons (Fsp3) is 0.345. The first-order valence-electron chi connectivity index (χ1n) is 11.8. The molecule has 6 heteroatoms. The van der Waals surface area contributed by atoms with Crippen LogP contribution in [0.5, 0.6) is 0 Å². The van der Waals surface area contributed by atoms with Crippen LogP contribution in [-0.4, -0.2) is 17.5 Å². The zero-order valence-electron chi connectivity index (χ0n) is 20.7. The maximum atomic E-state index is 13.3. The smallest absolute Gasteiger partial charge is 0.416 e. The van der Waals surface area contributed by atoms with Gasteiger partial charge >= 0.3 is 12.3 Å². The topological polar surface area (TPSA) is 29.5 Å². The number of carbonyl (C=O) groups excluding carboxylic acids is 1. The summed E-state index contributed by atoms with van der Waals surface area (Å²) in [4.78, 5) is 14.3. The van der Waals surface area contributed by atoms with Crippen LogP contribution in [0, 0.1) is 20.8 Å². The number of aryl methyl sites for hydroxylation is 3. The monoisotopic (exact) mass is 481 g/mol. The van der Waals surface area contributed by atoms with E-state index < -0.39 is 23.9 Å². The highest BCUT2D eigenvalue weighted by Gasteiger charge is 2.36. The molecule has 3 aromatic carbocycles. The van der Waals surface area contributed by atoms with Crippen molar-refractivity contribution < 1.29 is 22.7 Å². The van der Waals surface area contributed by atoms with Crippen molar-refractivity contribution in [1.82, 2.24) is 4.90 Å². The molecule has 184 valence electrons. The SMILES string of the molecule is Cc1cc(C2CN(Cc3cc(C)ccc3-c3cc(C(C)C)ccc3C)C(=O)O2)cc(C(F)(F)F)c1. The number of halogens is 3. The van der Waals surface area contributed by atoms with Gasteiger partial charge in [0.05, 0.1) is 12.1 Å². The number of alkyl halides is 3. The van der Waals surface area contributed by atoms with E-state index in [1.165, 1.54) is 5.56 Å². The van der Waals surface area contributed by atoms with E-state index in [9.17, 15) is 18.0 Å². The molecule has 0 bridgehead atoms. The number of rotatable bonds is 5. The molecule has 1 saturated heterocycles. The Labute approximate surface area is 204 Å². The van der Waals surface area contributed by atoms with Gasteiger partial charge in [0.25, 0.3) is 0 Å². The molecule has 1 aliphatic heterocycles. The average Bonchev–Trinajstić information content (AvgIpc) is 3.13. The van der Waals surface area contributed by atoms with Crippen molar-refractivity contribution in [3.8, 4) is 11.1 Å². The highest BCUT2D eigenvalue weighted by atomic mass is 19.4. The second-order valence-corrected chi connectivity index (χ2v) is 9.77. The molecule has 0 saturated carbocycles. The van der Waals surface area contributed by atoms with Gasteiger partial charge in [-0.05, 0) is 72.2 Å². The quantitative estimate of drug-likeness (QED) is 0.368. The molecule has 1 heterocycles. The van der Waals surface area contributed by atoms with Crippen LogP contribution in [0.4, 0.5) is 18.0 Å². The van der Waals surface area contributed by atoms with E-state index in [4.69, 9.17) is 4.74 Å². The molecular formula is C29H30F3NO2. The van der Waals surface area contributed by atoms with Gasteiger partial charge in [0.2, 0.25) is 0 Å². The largest absolute Gasteiger partial charge is 0.439 e. The minimum atomic E-state index is -4.46. The van der Waals surface area contributed by atoms with Crippen molar-refractivity contribution in [2.45, 2.75) is 59.4 Å². The highest BCUT2D eigenvalue weighted by Crippen LogP contribution is 2.36. The Bertz CT molecular complexity index is 1260. The number of ether oxygens (including phenoxy) is 1. The predicted molar refractivity (Wildman–Crippen MR) is 131 cm³/mol. The van der Waals surface area contributed by atoms with Crippen molar-refractivity contribution in [3.63, 3.8) is 0 Å². The molecule has 0 radical (unpaired) electrons. The van der Waals surface area contributed by atoms with E-state index in [0.717, 1.165) is 39.9 Å². The van der Waals surface area contributed by atoms with E-state index in [1.54, 1.807) is 17.9 Å². The number of nitrogens with zero attached hydrogens (tertiary/aromatic N) is 1. The summed E-state index contributed by atoms with van der Waals surface area (Å²) in [7, 11) is 0. The molecule has 3 nitrogen and oxygen atoms in total. The van der Waals surface area contributed by atoms with Gasteiger partial charge in [-0.3, -0.25) is 4.90 Å². The Balaban J connectivity index is 1.64. The summed E-state index contributed by atoms with van der Waals surface area (Å²) in [6, 6.07) is 16.5. The molecule has 1 fully saturated rings. The van der Waals surface area contributed by atoms with E-state index in [1.807, 2.05) is 6.92 Å². The molecular weight excluding hydrogens is 451 g/mol. The molecule has 1 atom stereocenters. The number of benzene rings is 3. The minimum absolute atomic E-state index is 0.192. The Morgan fingerprint density at radius 3 is 2.37 bits per heavy atom. The minimum Gasteiger partial charge on any atom is -0.439 e. The summed E-state index contributed by atoms with van der Waals surface area (Å²) in [6.45, 7) is 10.5. The van der Waals surface area contributed by atoms with Crippen LogP contribution in [0.1, 0.15) is 64.8 Å². The van der Waals surface area contributed by atoms with Gasteiger partial charge in [0.15, 0.2) is 0 Å². The first-order chi connectivity index (χ1) is 16.4. The third kappa shape index (κ3) is 5.37. The Morgan fingerprint density at radius 2 is 1.69 bits per heavy atom. The fourth-order valence-electron chi connectivity index (χ4n) is 4.58. The fourth-order valence-corrected chi connectivity index (χ4v) is 4.58. The average molecular weight is 482 g/mol. The lowest BCUT2D eigenvalue weighted by molar-refractivity contribution is -0.137. The summed E-state index contributed by atoms with van der Waals surface area (Å²) < 4.78 is 45.5. The van der Waals surface area contributed by atoms with Gasteiger partial charge in [-0.25, -0.2) is 4.79 Å². The van der Waals surface area contributed by atoms with Crippen molar-refractivity contribution >= 4 is 6.09 Å². The summed E-state index contributed by atoms with van der Waals surface area (Å²) >= 11 is 0. The van der Waals surface area contributed by atoms with E-state index in [-0.39, 0.29) is 6.54 Å². The first-order valence-corrected chi connectivity index (χ1v) is 11.8. The van der Waals surface area contributed by atoms with Crippen LogP contribution in [0.25, 0.3) is 11.1 Å². The van der Waals surface area contributed by atoms with Crippen LogP contribution in [0.2, 0.25) is 0 Å². The number of carbonyl (C=O) groups is 1. The van der Waals surface area contributed by atoms with Gasteiger partial charge < -0.3 is 4.74 Å².